The van der Waals surface area contributed by atoms with Gasteiger partial charge < -0.3 is 4.74 Å². The molecule has 0 radical (unpaired) electrons. The van der Waals surface area contributed by atoms with Gasteiger partial charge in [-0.15, -0.1) is 0 Å². The van der Waals surface area contributed by atoms with E-state index in [1.165, 1.54) is 6.92 Å². The lowest BCUT2D eigenvalue weighted by atomic mass is 10.1. The molecule has 0 aliphatic carbocycles. The third kappa shape index (κ3) is 6.32. The molecule has 0 aromatic carbocycles. The number of ether oxygens (including phenoxy) is 1. The molecule has 8 heteroatoms. The largest absolute Gasteiger partial charge is 0.462 e. The third-order valence-corrected chi connectivity index (χ3v) is 2.66. The zero-order chi connectivity index (χ0) is 13.9. The molecule has 0 heterocycles. The van der Waals surface area contributed by atoms with Crippen molar-refractivity contribution in [2.75, 3.05) is 12.4 Å². The van der Waals surface area contributed by atoms with Crippen LogP contribution in [0.3, 0.4) is 0 Å². The Kier molecular flexibility index (Phi) is 5.21. The number of hydrogen-bond acceptors (Lipinski definition) is 4. The summed E-state index contributed by atoms with van der Waals surface area (Å²) in [6.45, 7) is 4.96. The second-order valence-corrected chi connectivity index (χ2v) is 5.22. The van der Waals surface area contributed by atoms with Crippen molar-refractivity contribution in [3.8, 4) is 0 Å². The van der Waals surface area contributed by atoms with E-state index in [4.69, 9.17) is 4.55 Å². The summed E-state index contributed by atoms with van der Waals surface area (Å²) in [6.07, 6.45) is 0. The van der Waals surface area contributed by atoms with E-state index in [0.717, 1.165) is 6.92 Å². The minimum absolute atomic E-state index is 0.0512. The molecule has 0 saturated carbocycles. The highest BCUT2D eigenvalue weighted by atomic mass is 32.2. The molecule has 17 heavy (non-hydrogen) atoms. The quantitative estimate of drug-likeness (QED) is 0.447. The van der Waals surface area contributed by atoms with Gasteiger partial charge in [0.15, 0.2) is 0 Å². The van der Waals surface area contributed by atoms with Gasteiger partial charge in [-0.3, -0.25) is 4.55 Å². The fraction of sp³-hybridized carbons (Fsp3) is 0.667. The topological polar surface area (TPSA) is 80.7 Å². The first kappa shape index (κ1) is 16.0. The van der Waals surface area contributed by atoms with Crippen LogP contribution in [0.2, 0.25) is 0 Å². The predicted molar refractivity (Wildman–Crippen MR) is 56.3 cm³/mol. The molecule has 0 aliphatic rings. The molecule has 0 rings (SSSR count). The number of carbonyl (C=O) groups is 1. The predicted octanol–water partition coefficient (Wildman–Crippen LogP) is 1.26. The van der Waals surface area contributed by atoms with Gasteiger partial charge in [0.2, 0.25) is 0 Å². The third-order valence-electron chi connectivity index (χ3n) is 1.91. The van der Waals surface area contributed by atoms with Crippen molar-refractivity contribution in [1.29, 1.82) is 0 Å². The van der Waals surface area contributed by atoms with E-state index >= 15 is 0 Å². The van der Waals surface area contributed by atoms with Gasteiger partial charge in [-0.2, -0.15) is 8.42 Å². The molecule has 1 N–H and O–H groups in total. The highest BCUT2D eigenvalue weighted by Gasteiger charge is 2.41. The maximum Gasteiger partial charge on any atom is 0.333 e. The van der Waals surface area contributed by atoms with E-state index in [-0.39, 0.29) is 5.57 Å². The lowest BCUT2D eigenvalue weighted by Gasteiger charge is -2.21. The zero-order valence-corrected chi connectivity index (χ0v) is 10.3. The van der Waals surface area contributed by atoms with Crippen LogP contribution in [0.5, 0.6) is 0 Å². The highest BCUT2D eigenvalue weighted by molar-refractivity contribution is 7.85. The SMILES string of the molecule is C=C(C)C(=O)OCC(C)C(F)(F)CS(=O)(=O)O. The first-order valence-electron chi connectivity index (χ1n) is 4.61. The Morgan fingerprint density at radius 3 is 2.35 bits per heavy atom. The Morgan fingerprint density at radius 1 is 1.53 bits per heavy atom. The molecule has 0 spiro atoms. The van der Waals surface area contributed by atoms with E-state index in [2.05, 4.69) is 11.3 Å². The zero-order valence-electron chi connectivity index (χ0n) is 9.44. The van der Waals surface area contributed by atoms with Crippen molar-refractivity contribution in [3.63, 3.8) is 0 Å². The summed E-state index contributed by atoms with van der Waals surface area (Å²) in [6, 6.07) is 0. The van der Waals surface area contributed by atoms with Crippen LogP contribution < -0.4 is 0 Å². The molecule has 0 fully saturated rings. The summed E-state index contributed by atoms with van der Waals surface area (Å²) >= 11 is 0. The van der Waals surface area contributed by atoms with Crippen LogP contribution in [-0.4, -0.2) is 37.2 Å². The minimum atomic E-state index is -4.79. The monoisotopic (exact) mass is 272 g/mol. The molecule has 100 valence electrons. The van der Waals surface area contributed by atoms with Gasteiger partial charge in [0.25, 0.3) is 16.0 Å². The van der Waals surface area contributed by atoms with Crippen LogP contribution in [-0.2, 0) is 19.6 Å². The molecular weight excluding hydrogens is 258 g/mol. The Bertz CT molecular complexity index is 402. The Morgan fingerprint density at radius 2 is 2.00 bits per heavy atom. The number of rotatable bonds is 6. The van der Waals surface area contributed by atoms with Crippen molar-refractivity contribution in [1.82, 2.24) is 0 Å². The second-order valence-electron chi connectivity index (χ2n) is 3.77. The van der Waals surface area contributed by atoms with Gasteiger partial charge in [0.1, 0.15) is 5.75 Å². The van der Waals surface area contributed by atoms with Crippen LogP contribution in [0.25, 0.3) is 0 Å². The van der Waals surface area contributed by atoms with E-state index < -0.39 is 40.3 Å². The highest BCUT2D eigenvalue weighted by Crippen LogP contribution is 2.26. The first-order chi connectivity index (χ1) is 7.46. The van der Waals surface area contributed by atoms with Crippen LogP contribution in [0, 0.1) is 5.92 Å². The van der Waals surface area contributed by atoms with Gasteiger partial charge in [-0.1, -0.05) is 13.5 Å². The number of esters is 1. The van der Waals surface area contributed by atoms with Crippen LogP contribution in [0.1, 0.15) is 13.8 Å². The maximum atomic E-state index is 13.2. The molecule has 1 atom stereocenters. The summed E-state index contributed by atoms with van der Waals surface area (Å²) in [5.41, 5.74) is 0.0512. The molecule has 0 aromatic heterocycles. The summed E-state index contributed by atoms with van der Waals surface area (Å²) in [7, 11) is -4.79. The molecule has 0 aromatic rings. The number of alkyl halides is 2. The number of hydrogen-bond donors (Lipinski definition) is 1. The average Bonchev–Trinajstić information content (AvgIpc) is 2.09. The fourth-order valence-electron chi connectivity index (χ4n) is 0.831. The van der Waals surface area contributed by atoms with E-state index in [1.54, 1.807) is 0 Å². The second kappa shape index (κ2) is 5.54. The van der Waals surface area contributed by atoms with Gasteiger partial charge in [-0.25, -0.2) is 13.6 Å². The maximum absolute atomic E-state index is 13.2. The fourth-order valence-corrected chi connectivity index (χ4v) is 1.60. The van der Waals surface area contributed by atoms with Gasteiger partial charge in [0, 0.05) is 5.57 Å². The Balaban J connectivity index is 4.45. The lowest BCUT2D eigenvalue weighted by Crippen LogP contribution is -2.37. The Hall–Kier alpha value is -1.02. The summed E-state index contributed by atoms with van der Waals surface area (Å²) in [5, 5.41) is 0. The number of carbonyl (C=O) groups excluding carboxylic acids is 1. The van der Waals surface area contributed by atoms with E-state index in [0.29, 0.717) is 0 Å². The minimum Gasteiger partial charge on any atom is -0.462 e. The average molecular weight is 272 g/mol. The molecule has 0 saturated heterocycles. The van der Waals surface area contributed by atoms with Crippen LogP contribution >= 0.6 is 0 Å². The van der Waals surface area contributed by atoms with Crippen molar-refractivity contribution < 1.29 is 31.3 Å². The van der Waals surface area contributed by atoms with Crippen molar-refractivity contribution in [3.05, 3.63) is 12.2 Å². The standard InChI is InChI=1S/C9H14F2O5S/c1-6(2)8(12)16-4-7(3)9(10,11)5-17(13,14)15/h7H,1,4-5H2,2-3H3,(H,13,14,15). The van der Waals surface area contributed by atoms with Crippen molar-refractivity contribution in [2.24, 2.45) is 5.92 Å². The van der Waals surface area contributed by atoms with E-state index in [9.17, 15) is 22.0 Å². The molecule has 1 unspecified atom stereocenters. The molecule has 5 nitrogen and oxygen atoms in total. The van der Waals surface area contributed by atoms with Gasteiger partial charge in [0.05, 0.1) is 12.5 Å². The van der Waals surface area contributed by atoms with Crippen molar-refractivity contribution >= 4 is 16.1 Å². The summed E-state index contributed by atoms with van der Waals surface area (Å²) < 4.78 is 59.9. The van der Waals surface area contributed by atoms with Crippen LogP contribution in [0.4, 0.5) is 8.78 Å². The Labute approximate surface area is 98.2 Å². The summed E-state index contributed by atoms with van der Waals surface area (Å²) in [4.78, 5) is 10.9. The normalized spacial score (nSPS) is 14.2. The van der Waals surface area contributed by atoms with Gasteiger partial charge >= 0.3 is 5.97 Å². The first-order valence-corrected chi connectivity index (χ1v) is 6.22. The number of halogens is 2. The smallest absolute Gasteiger partial charge is 0.333 e. The van der Waals surface area contributed by atoms with Gasteiger partial charge in [-0.05, 0) is 6.92 Å². The van der Waals surface area contributed by atoms with Crippen molar-refractivity contribution in [2.45, 2.75) is 19.8 Å². The molecule has 0 bridgehead atoms. The molecular formula is C9H14F2O5S. The molecule has 0 amide bonds. The molecule has 0 aliphatic heterocycles. The summed E-state index contributed by atoms with van der Waals surface area (Å²) in [5.74, 6) is -7.75. The van der Waals surface area contributed by atoms with E-state index in [1.807, 2.05) is 0 Å². The lowest BCUT2D eigenvalue weighted by molar-refractivity contribution is -0.144. The van der Waals surface area contributed by atoms with Crippen LogP contribution in [0.15, 0.2) is 12.2 Å².